The van der Waals surface area contributed by atoms with E-state index in [1.807, 2.05) is 0 Å². The highest BCUT2D eigenvalue weighted by atomic mass is 16.3. The van der Waals surface area contributed by atoms with Crippen LogP contribution >= 0.6 is 0 Å². The monoisotopic (exact) mass is 466 g/mol. The van der Waals surface area contributed by atoms with Gasteiger partial charge in [-0.15, -0.1) is 0 Å². The van der Waals surface area contributed by atoms with Gasteiger partial charge in [-0.05, 0) is 73.0 Å². The molecule has 0 aromatic heterocycles. The zero-order valence-corrected chi connectivity index (χ0v) is 20.8. The largest absolute Gasteiger partial charge is 0.396 e. The predicted octanol–water partition coefficient (Wildman–Crippen LogP) is 2.24. The molecule has 6 N–H and O–H groups in total. The van der Waals surface area contributed by atoms with Crippen molar-refractivity contribution in [2.24, 2.45) is 46.3 Å². The second-order valence-electron chi connectivity index (χ2n) is 12.6. The summed E-state index contributed by atoms with van der Waals surface area (Å²) in [4.78, 5) is 0. The lowest BCUT2D eigenvalue weighted by Crippen LogP contribution is -2.70. The van der Waals surface area contributed by atoms with Crippen LogP contribution in [0.5, 0.6) is 0 Å². The van der Waals surface area contributed by atoms with Gasteiger partial charge in [0.25, 0.3) is 0 Å². The summed E-state index contributed by atoms with van der Waals surface area (Å²) in [7, 11) is 0. The van der Waals surface area contributed by atoms with E-state index >= 15 is 0 Å². The minimum Gasteiger partial charge on any atom is -0.396 e. The normalized spacial score (nSPS) is 53.9. The van der Waals surface area contributed by atoms with Crippen LogP contribution in [0.4, 0.5) is 0 Å². The average molecular weight is 467 g/mol. The molecule has 6 heteroatoms. The molecule has 0 aliphatic heterocycles. The second kappa shape index (κ2) is 8.86. The maximum Gasteiger partial charge on any atom is 0.0857 e. The summed E-state index contributed by atoms with van der Waals surface area (Å²) in [5, 5.41) is 65.1. The van der Waals surface area contributed by atoms with E-state index in [1.54, 1.807) is 0 Å². The molecule has 13 atom stereocenters. The summed E-state index contributed by atoms with van der Waals surface area (Å²) >= 11 is 0. The quantitative estimate of drug-likeness (QED) is 0.346. The lowest BCUT2D eigenvalue weighted by molar-refractivity contribution is -0.280. The lowest BCUT2D eigenvalue weighted by Gasteiger charge is -2.66. The maximum absolute atomic E-state index is 12.3. The molecule has 33 heavy (non-hydrogen) atoms. The van der Waals surface area contributed by atoms with Crippen LogP contribution in [-0.2, 0) is 0 Å². The highest BCUT2D eigenvalue weighted by Gasteiger charge is 2.71. The van der Waals surface area contributed by atoms with Crippen LogP contribution in [0.1, 0.15) is 72.6 Å². The molecule has 4 saturated carbocycles. The van der Waals surface area contributed by atoms with Gasteiger partial charge in [0.1, 0.15) is 0 Å². The Morgan fingerprint density at radius 3 is 2.24 bits per heavy atom. The van der Waals surface area contributed by atoms with Gasteiger partial charge in [-0.2, -0.15) is 0 Å². The zero-order chi connectivity index (χ0) is 24.3. The summed E-state index contributed by atoms with van der Waals surface area (Å²) in [5.74, 6) is -0.148. The third-order valence-corrected chi connectivity index (χ3v) is 10.8. The first kappa shape index (κ1) is 25.6. The van der Waals surface area contributed by atoms with Crippen LogP contribution in [0.15, 0.2) is 12.2 Å². The van der Waals surface area contributed by atoms with E-state index < -0.39 is 41.3 Å². The molecule has 0 saturated heterocycles. The standard InChI is InChI=1S/C27H46O6/c1-15(9-12-28)5-6-16(2)17-13-19(30)24-25(17,3)11-8-21-26(4)10-7-18(29)23(32)22(26)20(31)14-27(21,24)33/h5-6,15-24,28-33H,7-14H2,1-4H3/b6-5+/t15?,16-,17-,18+,19-,20+,21-,22?,23?,24-,25-,26-,27+/m1/s1. The maximum atomic E-state index is 12.3. The fourth-order valence-corrected chi connectivity index (χ4v) is 9.25. The van der Waals surface area contributed by atoms with Crippen molar-refractivity contribution >= 4 is 0 Å². The Balaban J connectivity index is 1.64. The van der Waals surface area contributed by atoms with Gasteiger partial charge in [-0.25, -0.2) is 0 Å². The van der Waals surface area contributed by atoms with E-state index in [0.717, 1.165) is 19.3 Å². The number of aliphatic hydroxyl groups excluding tert-OH is 5. The van der Waals surface area contributed by atoms with Crippen LogP contribution in [0.2, 0.25) is 0 Å². The minimum atomic E-state index is -1.19. The van der Waals surface area contributed by atoms with Gasteiger partial charge in [0.05, 0.1) is 30.0 Å². The molecule has 6 nitrogen and oxygen atoms in total. The summed E-state index contributed by atoms with van der Waals surface area (Å²) in [5.41, 5.74) is -1.92. The van der Waals surface area contributed by atoms with Crippen LogP contribution in [0, 0.1) is 46.3 Å². The van der Waals surface area contributed by atoms with E-state index in [9.17, 15) is 30.6 Å². The van der Waals surface area contributed by atoms with Gasteiger partial charge < -0.3 is 30.6 Å². The molecule has 0 amide bonds. The van der Waals surface area contributed by atoms with Gasteiger partial charge in [0.2, 0.25) is 0 Å². The Kier molecular flexibility index (Phi) is 6.87. The smallest absolute Gasteiger partial charge is 0.0857 e. The molecule has 4 fully saturated rings. The van der Waals surface area contributed by atoms with Gasteiger partial charge >= 0.3 is 0 Å². The van der Waals surface area contributed by atoms with Crippen molar-refractivity contribution in [2.75, 3.05) is 6.61 Å². The summed E-state index contributed by atoms with van der Waals surface area (Å²) in [6, 6.07) is 0. The molecule has 0 radical (unpaired) electrons. The van der Waals surface area contributed by atoms with Crippen molar-refractivity contribution in [3.05, 3.63) is 12.2 Å². The third-order valence-electron chi connectivity index (χ3n) is 10.8. The molecule has 0 bridgehead atoms. The highest BCUT2D eigenvalue weighted by Crippen LogP contribution is 2.69. The molecule has 0 heterocycles. The number of hydrogen-bond acceptors (Lipinski definition) is 6. The van der Waals surface area contributed by atoms with Crippen molar-refractivity contribution in [1.29, 1.82) is 0 Å². The number of hydrogen-bond donors (Lipinski definition) is 6. The summed E-state index contributed by atoms with van der Waals surface area (Å²) in [6.07, 6.45) is 5.34. The second-order valence-corrected chi connectivity index (χ2v) is 12.6. The topological polar surface area (TPSA) is 121 Å². The van der Waals surface area contributed by atoms with Crippen molar-refractivity contribution in [2.45, 2.75) is 103 Å². The van der Waals surface area contributed by atoms with Crippen LogP contribution in [0.25, 0.3) is 0 Å². The molecule has 4 aliphatic carbocycles. The van der Waals surface area contributed by atoms with E-state index in [1.165, 1.54) is 0 Å². The summed E-state index contributed by atoms with van der Waals surface area (Å²) < 4.78 is 0. The van der Waals surface area contributed by atoms with E-state index in [2.05, 4.69) is 39.8 Å². The molecule has 0 spiro atoms. The third kappa shape index (κ3) is 3.84. The van der Waals surface area contributed by atoms with Gasteiger partial charge in [0, 0.05) is 24.9 Å². The van der Waals surface area contributed by atoms with E-state index in [-0.39, 0.29) is 42.1 Å². The molecule has 4 aliphatic rings. The first-order chi connectivity index (χ1) is 15.4. The van der Waals surface area contributed by atoms with Gasteiger partial charge in [-0.3, -0.25) is 0 Å². The molecule has 4 rings (SSSR count). The van der Waals surface area contributed by atoms with E-state index in [4.69, 9.17) is 0 Å². The van der Waals surface area contributed by atoms with E-state index in [0.29, 0.717) is 25.2 Å². The van der Waals surface area contributed by atoms with Crippen molar-refractivity contribution < 1.29 is 30.6 Å². The Hall–Kier alpha value is -0.500. The SMILES string of the molecule is CC(/C=C/[C@@H](C)[C@H]1C[C@@H](O)[C@@H]2[C@]1(C)CC[C@H]1[C@@]2(O)C[C@H](O)C2C(O)[C@@H](O)CC[C@@]21C)CCO. The van der Waals surface area contributed by atoms with Crippen LogP contribution in [0.3, 0.4) is 0 Å². The first-order valence-corrected chi connectivity index (χ1v) is 13.1. The average Bonchev–Trinajstić information content (AvgIpc) is 3.00. The molecule has 3 unspecified atom stereocenters. The van der Waals surface area contributed by atoms with Gasteiger partial charge in [0.15, 0.2) is 0 Å². The molecule has 0 aromatic rings. The summed E-state index contributed by atoms with van der Waals surface area (Å²) in [6.45, 7) is 8.74. The Morgan fingerprint density at radius 1 is 0.909 bits per heavy atom. The number of fused-ring (bicyclic) bond motifs is 5. The lowest BCUT2D eigenvalue weighted by atomic mass is 9.41. The molecule has 0 aromatic carbocycles. The highest BCUT2D eigenvalue weighted by molar-refractivity contribution is 5.21. The van der Waals surface area contributed by atoms with Crippen molar-refractivity contribution in [3.63, 3.8) is 0 Å². The number of aliphatic hydroxyl groups is 6. The fourth-order valence-electron chi connectivity index (χ4n) is 9.25. The van der Waals surface area contributed by atoms with Gasteiger partial charge in [-0.1, -0.05) is 39.8 Å². The van der Waals surface area contributed by atoms with Crippen LogP contribution < -0.4 is 0 Å². The Bertz CT molecular complexity index is 742. The van der Waals surface area contributed by atoms with Crippen molar-refractivity contribution in [3.8, 4) is 0 Å². The number of rotatable bonds is 5. The minimum absolute atomic E-state index is 0.123. The Labute approximate surface area is 198 Å². The molecular formula is C27H46O6. The number of allylic oxidation sites excluding steroid dienone is 2. The Morgan fingerprint density at radius 2 is 1.58 bits per heavy atom. The molecular weight excluding hydrogens is 420 g/mol. The molecule has 190 valence electrons. The van der Waals surface area contributed by atoms with Crippen molar-refractivity contribution in [1.82, 2.24) is 0 Å². The van der Waals surface area contributed by atoms with Crippen LogP contribution in [-0.4, -0.2) is 67.3 Å². The predicted molar refractivity (Wildman–Crippen MR) is 126 cm³/mol. The first-order valence-electron chi connectivity index (χ1n) is 13.1. The zero-order valence-electron chi connectivity index (χ0n) is 20.8. The fraction of sp³-hybridized carbons (Fsp3) is 0.926.